The van der Waals surface area contributed by atoms with E-state index in [1.165, 1.54) is 30.4 Å². The van der Waals surface area contributed by atoms with Gasteiger partial charge in [-0.2, -0.15) is 5.10 Å². The number of aryl methyl sites for hydroxylation is 2. The molecule has 0 saturated carbocycles. The SMILES string of the molecule is NCc1cc2c(nc1-n1cncn1)CCCC2. The summed E-state index contributed by atoms with van der Waals surface area (Å²) in [6.07, 6.45) is 7.83. The molecule has 0 amide bonds. The minimum absolute atomic E-state index is 0.482. The molecular weight excluding hydrogens is 214 g/mol. The molecule has 1 aliphatic rings. The number of nitrogens with two attached hydrogens (primary N) is 1. The van der Waals surface area contributed by atoms with Crippen LogP contribution in [0.1, 0.15) is 29.7 Å². The van der Waals surface area contributed by atoms with Crippen LogP contribution in [-0.4, -0.2) is 19.7 Å². The van der Waals surface area contributed by atoms with Gasteiger partial charge < -0.3 is 5.73 Å². The molecule has 5 nitrogen and oxygen atoms in total. The van der Waals surface area contributed by atoms with Crippen LogP contribution in [0.15, 0.2) is 18.7 Å². The lowest BCUT2D eigenvalue weighted by molar-refractivity contribution is 0.658. The summed E-state index contributed by atoms with van der Waals surface area (Å²) in [7, 11) is 0. The van der Waals surface area contributed by atoms with Gasteiger partial charge in [-0.25, -0.2) is 14.6 Å². The number of pyridine rings is 1. The van der Waals surface area contributed by atoms with Crippen LogP contribution in [0.3, 0.4) is 0 Å². The van der Waals surface area contributed by atoms with Gasteiger partial charge >= 0.3 is 0 Å². The van der Waals surface area contributed by atoms with E-state index < -0.39 is 0 Å². The van der Waals surface area contributed by atoms with Gasteiger partial charge in [0.2, 0.25) is 0 Å². The summed E-state index contributed by atoms with van der Waals surface area (Å²) in [5.41, 5.74) is 9.37. The number of hydrogen-bond donors (Lipinski definition) is 1. The van der Waals surface area contributed by atoms with Crippen LogP contribution in [0.25, 0.3) is 5.82 Å². The second-order valence-electron chi connectivity index (χ2n) is 4.33. The molecule has 0 bridgehead atoms. The molecule has 2 aromatic rings. The second kappa shape index (κ2) is 4.25. The molecule has 3 rings (SSSR count). The molecule has 2 heterocycles. The Morgan fingerprint density at radius 2 is 2.18 bits per heavy atom. The van der Waals surface area contributed by atoms with E-state index in [1.807, 2.05) is 0 Å². The van der Waals surface area contributed by atoms with Crippen molar-refractivity contribution in [3.05, 3.63) is 35.5 Å². The first kappa shape index (κ1) is 10.4. The lowest BCUT2D eigenvalue weighted by atomic mass is 9.95. The lowest BCUT2D eigenvalue weighted by Crippen LogP contribution is -2.14. The number of nitrogens with zero attached hydrogens (tertiary/aromatic N) is 4. The third-order valence-electron chi connectivity index (χ3n) is 3.21. The molecule has 0 atom stereocenters. The summed E-state index contributed by atoms with van der Waals surface area (Å²) in [4.78, 5) is 8.66. The van der Waals surface area contributed by atoms with Gasteiger partial charge in [-0.15, -0.1) is 0 Å². The van der Waals surface area contributed by atoms with Crippen molar-refractivity contribution >= 4 is 0 Å². The van der Waals surface area contributed by atoms with Gasteiger partial charge in [-0.3, -0.25) is 0 Å². The number of hydrogen-bond acceptors (Lipinski definition) is 4. The number of aromatic nitrogens is 4. The van der Waals surface area contributed by atoms with Crippen molar-refractivity contribution in [2.45, 2.75) is 32.2 Å². The Labute approximate surface area is 99.7 Å². The smallest absolute Gasteiger partial charge is 0.159 e. The van der Waals surface area contributed by atoms with Gasteiger partial charge in [0.15, 0.2) is 5.82 Å². The van der Waals surface area contributed by atoms with E-state index in [1.54, 1.807) is 11.0 Å². The van der Waals surface area contributed by atoms with Crippen molar-refractivity contribution in [2.75, 3.05) is 0 Å². The largest absolute Gasteiger partial charge is 0.326 e. The topological polar surface area (TPSA) is 69.6 Å². The third-order valence-corrected chi connectivity index (χ3v) is 3.21. The highest BCUT2D eigenvalue weighted by atomic mass is 15.3. The van der Waals surface area contributed by atoms with Gasteiger partial charge in [0.25, 0.3) is 0 Å². The summed E-state index contributed by atoms with van der Waals surface area (Å²) in [5.74, 6) is 0.825. The maximum atomic E-state index is 5.79. The van der Waals surface area contributed by atoms with E-state index in [9.17, 15) is 0 Å². The highest BCUT2D eigenvalue weighted by molar-refractivity contribution is 5.39. The molecule has 5 heteroatoms. The summed E-state index contributed by atoms with van der Waals surface area (Å²) in [6.45, 7) is 0.482. The molecule has 0 spiro atoms. The van der Waals surface area contributed by atoms with Crippen LogP contribution < -0.4 is 5.73 Å². The summed E-state index contributed by atoms with van der Waals surface area (Å²) < 4.78 is 1.69. The van der Waals surface area contributed by atoms with Crippen molar-refractivity contribution in [3.63, 3.8) is 0 Å². The molecule has 0 aliphatic heterocycles. The second-order valence-corrected chi connectivity index (χ2v) is 4.33. The average molecular weight is 229 g/mol. The molecule has 0 fully saturated rings. The zero-order valence-electron chi connectivity index (χ0n) is 9.63. The number of rotatable bonds is 2. The Morgan fingerprint density at radius 3 is 2.94 bits per heavy atom. The van der Waals surface area contributed by atoms with Crippen LogP contribution in [-0.2, 0) is 19.4 Å². The van der Waals surface area contributed by atoms with Crippen LogP contribution in [0.5, 0.6) is 0 Å². The third kappa shape index (κ3) is 1.82. The first-order chi connectivity index (χ1) is 8.38. The molecule has 0 saturated heterocycles. The van der Waals surface area contributed by atoms with Crippen LogP contribution in [0.4, 0.5) is 0 Å². The molecule has 0 aromatic carbocycles. The maximum Gasteiger partial charge on any atom is 0.159 e. The summed E-state index contributed by atoms with van der Waals surface area (Å²) in [6, 6.07) is 2.18. The fourth-order valence-corrected chi connectivity index (χ4v) is 2.34. The minimum Gasteiger partial charge on any atom is -0.326 e. The zero-order chi connectivity index (χ0) is 11.7. The lowest BCUT2D eigenvalue weighted by Gasteiger charge is -2.17. The Morgan fingerprint density at radius 1 is 1.29 bits per heavy atom. The molecule has 2 N–H and O–H groups in total. The highest BCUT2D eigenvalue weighted by Gasteiger charge is 2.15. The van der Waals surface area contributed by atoms with Crippen LogP contribution in [0.2, 0.25) is 0 Å². The van der Waals surface area contributed by atoms with Gasteiger partial charge in [-0.05, 0) is 37.3 Å². The van der Waals surface area contributed by atoms with Gasteiger partial charge in [-0.1, -0.05) is 0 Å². The fourth-order valence-electron chi connectivity index (χ4n) is 2.34. The van der Waals surface area contributed by atoms with Gasteiger partial charge in [0.1, 0.15) is 12.7 Å². The highest BCUT2D eigenvalue weighted by Crippen LogP contribution is 2.23. The van der Waals surface area contributed by atoms with Gasteiger partial charge in [0.05, 0.1) is 0 Å². The Kier molecular flexibility index (Phi) is 2.60. The molecule has 88 valence electrons. The average Bonchev–Trinajstić information content (AvgIpc) is 2.91. The van der Waals surface area contributed by atoms with Crippen molar-refractivity contribution in [1.29, 1.82) is 0 Å². The first-order valence-electron chi connectivity index (χ1n) is 5.95. The molecule has 0 unspecified atom stereocenters. The van der Waals surface area contributed by atoms with E-state index in [4.69, 9.17) is 10.7 Å². The van der Waals surface area contributed by atoms with Crippen LogP contribution in [0, 0.1) is 0 Å². The van der Waals surface area contributed by atoms with E-state index in [0.29, 0.717) is 6.54 Å². The quantitative estimate of drug-likeness (QED) is 0.834. The van der Waals surface area contributed by atoms with Crippen molar-refractivity contribution in [2.24, 2.45) is 5.73 Å². The molecule has 17 heavy (non-hydrogen) atoms. The Hall–Kier alpha value is -1.75. The predicted octanol–water partition coefficient (Wildman–Crippen LogP) is 1.000. The molecule has 1 aliphatic carbocycles. The van der Waals surface area contributed by atoms with E-state index in [0.717, 1.165) is 24.2 Å². The fraction of sp³-hybridized carbons (Fsp3) is 0.417. The van der Waals surface area contributed by atoms with E-state index >= 15 is 0 Å². The van der Waals surface area contributed by atoms with Crippen molar-refractivity contribution in [3.8, 4) is 5.82 Å². The maximum absolute atomic E-state index is 5.79. The minimum atomic E-state index is 0.482. The standard InChI is InChI=1S/C12H15N5/c13-6-10-5-9-3-1-2-4-11(9)16-12(10)17-8-14-7-15-17/h5,7-8H,1-4,6,13H2. The Bertz CT molecular complexity index is 518. The number of fused-ring (bicyclic) bond motifs is 1. The van der Waals surface area contributed by atoms with Crippen LogP contribution >= 0.6 is 0 Å². The monoisotopic (exact) mass is 229 g/mol. The Balaban J connectivity index is 2.13. The summed E-state index contributed by atoms with van der Waals surface area (Å²) in [5, 5.41) is 4.13. The van der Waals surface area contributed by atoms with E-state index in [-0.39, 0.29) is 0 Å². The zero-order valence-corrected chi connectivity index (χ0v) is 9.63. The normalized spacial score (nSPS) is 14.6. The van der Waals surface area contributed by atoms with Crippen molar-refractivity contribution in [1.82, 2.24) is 19.7 Å². The van der Waals surface area contributed by atoms with Crippen molar-refractivity contribution < 1.29 is 0 Å². The predicted molar refractivity (Wildman–Crippen MR) is 63.7 cm³/mol. The van der Waals surface area contributed by atoms with E-state index in [2.05, 4.69) is 16.1 Å². The van der Waals surface area contributed by atoms with Gasteiger partial charge in [0, 0.05) is 17.8 Å². The molecule has 2 aromatic heterocycles. The molecular formula is C12H15N5. The molecule has 0 radical (unpaired) electrons. The first-order valence-corrected chi connectivity index (χ1v) is 5.95. The summed E-state index contributed by atoms with van der Waals surface area (Å²) >= 11 is 0.